The molecule has 5 nitrogen and oxygen atoms in total. The predicted molar refractivity (Wildman–Crippen MR) is 67.8 cm³/mol. The fraction of sp³-hybridized carbons (Fsp3) is 0.800. The van der Waals surface area contributed by atoms with E-state index in [-0.39, 0.29) is 30.1 Å². The summed E-state index contributed by atoms with van der Waals surface area (Å²) >= 11 is -0.0880. The first-order valence-electron chi connectivity index (χ1n) is 5.84. The van der Waals surface area contributed by atoms with Crippen LogP contribution >= 0.6 is 11.8 Å². The summed E-state index contributed by atoms with van der Waals surface area (Å²) < 4.78 is 40.8. The molecule has 0 aliphatic rings. The summed E-state index contributed by atoms with van der Waals surface area (Å²) in [6.45, 7) is 5.54. The Bertz CT molecular complexity index is 370. The second kappa shape index (κ2) is 7.59. The van der Waals surface area contributed by atoms with Crippen LogP contribution in [-0.2, 0) is 6.54 Å². The lowest BCUT2D eigenvalue weighted by molar-refractivity contribution is -0.0327. The molecule has 0 fully saturated rings. The van der Waals surface area contributed by atoms with Crippen LogP contribution in [0.2, 0.25) is 0 Å². The number of thioether (sulfide) groups is 1. The number of alkyl halides is 3. The Morgan fingerprint density at radius 1 is 1.32 bits per heavy atom. The van der Waals surface area contributed by atoms with Gasteiger partial charge in [-0.3, -0.25) is 0 Å². The summed E-state index contributed by atoms with van der Waals surface area (Å²) in [6.07, 6.45) is 0. The largest absolute Gasteiger partial charge is 0.441 e. The molecular weight excluding hydrogens is 281 g/mol. The third-order valence-corrected chi connectivity index (χ3v) is 2.68. The lowest BCUT2D eigenvalue weighted by Gasteiger charge is -2.05. The van der Waals surface area contributed by atoms with Gasteiger partial charge in [-0.25, -0.2) is 0 Å². The van der Waals surface area contributed by atoms with E-state index in [1.54, 1.807) is 0 Å². The Morgan fingerprint density at radius 3 is 2.68 bits per heavy atom. The molecule has 0 aliphatic carbocycles. The zero-order chi connectivity index (χ0) is 14.3. The highest BCUT2D eigenvalue weighted by molar-refractivity contribution is 8.00. The van der Waals surface area contributed by atoms with E-state index in [1.165, 1.54) is 0 Å². The minimum atomic E-state index is -4.21. The van der Waals surface area contributed by atoms with Gasteiger partial charge in [-0.15, -0.1) is 5.10 Å². The van der Waals surface area contributed by atoms with Crippen molar-refractivity contribution in [2.75, 3.05) is 24.2 Å². The average Bonchev–Trinajstić information content (AvgIpc) is 2.71. The van der Waals surface area contributed by atoms with Crippen molar-refractivity contribution in [3.8, 4) is 0 Å². The highest BCUT2D eigenvalue weighted by Gasteiger charge is 2.27. The lowest BCUT2D eigenvalue weighted by Crippen LogP contribution is -2.19. The van der Waals surface area contributed by atoms with Gasteiger partial charge in [-0.2, -0.15) is 13.2 Å². The van der Waals surface area contributed by atoms with Crippen molar-refractivity contribution in [3.05, 3.63) is 5.89 Å². The maximum Gasteiger partial charge on any atom is 0.441 e. The smallest absolute Gasteiger partial charge is 0.407 e. The summed E-state index contributed by atoms with van der Waals surface area (Å²) in [6, 6.07) is 0.143. The van der Waals surface area contributed by atoms with Crippen molar-refractivity contribution < 1.29 is 17.6 Å². The standard InChI is InChI=1S/C10H17F3N4OS/c1-7(2)5-14-6-8-16-17-9(18-8)15-3-4-19-10(11,12)13/h7,14H,3-6H2,1-2H3,(H,15,17). The van der Waals surface area contributed by atoms with E-state index in [2.05, 4.69) is 34.7 Å². The van der Waals surface area contributed by atoms with Crippen LogP contribution in [0.4, 0.5) is 19.2 Å². The molecule has 1 aromatic rings. The van der Waals surface area contributed by atoms with Gasteiger partial charge in [-0.05, 0) is 24.2 Å². The van der Waals surface area contributed by atoms with Crippen LogP contribution in [0.5, 0.6) is 0 Å². The zero-order valence-corrected chi connectivity index (χ0v) is 11.6. The number of aromatic nitrogens is 2. The van der Waals surface area contributed by atoms with Gasteiger partial charge in [0.2, 0.25) is 5.89 Å². The highest BCUT2D eigenvalue weighted by atomic mass is 32.2. The molecule has 19 heavy (non-hydrogen) atoms. The molecule has 2 N–H and O–H groups in total. The number of hydrogen-bond acceptors (Lipinski definition) is 6. The molecule has 1 heterocycles. The SMILES string of the molecule is CC(C)CNCc1nnc(NCCSC(F)(F)F)o1. The monoisotopic (exact) mass is 298 g/mol. The number of nitrogens with one attached hydrogen (secondary N) is 2. The molecule has 9 heteroatoms. The van der Waals surface area contributed by atoms with Gasteiger partial charge >= 0.3 is 11.5 Å². The van der Waals surface area contributed by atoms with Crippen molar-refractivity contribution in [1.82, 2.24) is 15.5 Å². The third-order valence-electron chi connectivity index (χ3n) is 1.94. The first-order valence-corrected chi connectivity index (χ1v) is 6.83. The molecule has 110 valence electrons. The Kier molecular flexibility index (Phi) is 6.43. The van der Waals surface area contributed by atoms with Crippen LogP contribution in [0.1, 0.15) is 19.7 Å². The molecule has 1 aromatic heterocycles. The molecule has 1 rings (SSSR count). The first-order chi connectivity index (χ1) is 8.87. The molecule has 0 amide bonds. The zero-order valence-electron chi connectivity index (χ0n) is 10.8. The van der Waals surface area contributed by atoms with E-state index < -0.39 is 5.51 Å². The lowest BCUT2D eigenvalue weighted by atomic mass is 10.2. The van der Waals surface area contributed by atoms with Crippen LogP contribution < -0.4 is 10.6 Å². The summed E-state index contributed by atoms with van der Waals surface area (Å²) in [5.41, 5.74) is -4.21. The quantitative estimate of drug-likeness (QED) is 0.719. The molecule has 0 saturated carbocycles. The maximum atomic E-state index is 11.9. The third kappa shape index (κ3) is 7.93. The Labute approximate surface area is 113 Å². The van der Waals surface area contributed by atoms with Crippen LogP contribution in [-0.4, -0.2) is 34.5 Å². The number of rotatable bonds is 8. The fourth-order valence-corrected chi connectivity index (χ4v) is 1.62. The number of hydrogen-bond donors (Lipinski definition) is 2. The van der Waals surface area contributed by atoms with Crippen molar-refractivity contribution in [2.24, 2.45) is 5.92 Å². The van der Waals surface area contributed by atoms with E-state index in [4.69, 9.17) is 4.42 Å². The van der Waals surface area contributed by atoms with E-state index in [0.717, 1.165) is 6.54 Å². The van der Waals surface area contributed by atoms with Gasteiger partial charge in [-0.1, -0.05) is 18.9 Å². The van der Waals surface area contributed by atoms with Crippen molar-refractivity contribution in [1.29, 1.82) is 0 Å². The van der Waals surface area contributed by atoms with Gasteiger partial charge in [0.25, 0.3) is 0 Å². The molecule has 0 bridgehead atoms. The van der Waals surface area contributed by atoms with Gasteiger partial charge < -0.3 is 15.1 Å². The Hall–Kier alpha value is -0.960. The van der Waals surface area contributed by atoms with Crippen molar-refractivity contribution in [3.63, 3.8) is 0 Å². The fourth-order valence-electron chi connectivity index (χ4n) is 1.19. The van der Waals surface area contributed by atoms with Gasteiger partial charge in [0.05, 0.1) is 6.54 Å². The van der Waals surface area contributed by atoms with E-state index >= 15 is 0 Å². The molecule has 0 radical (unpaired) electrons. The summed E-state index contributed by atoms with van der Waals surface area (Å²) in [5, 5.41) is 13.2. The highest BCUT2D eigenvalue weighted by Crippen LogP contribution is 2.29. The second-order valence-corrected chi connectivity index (χ2v) is 5.41. The predicted octanol–water partition coefficient (Wildman–Crippen LogP) is 2.48. The van der Waals surface area contributed by atoms with E-state index in [1.807, 2.05) is 0 Å². The van der Waals surface area contributed by atoms with Gasteiger partial charge in [0, 0.05) is 12.3 Å². The van der Waals surface area contributed by atoms with Crippen LogP contribution in [0.3, 0.4) is 0 Å². The normalized spacial score (nSPS) is 12.1. The molecule has 0 unspecified atom stereocenters. The molecular formula is C10H17F3N4OS. The van der Waals surface area contributed by atoms with Crippen LogP contribution in [0.15, 0.2) is 4.42 Å². The number of nitrogens with zero attached hydrogens (tertiary/aromatic N) is 2. The molecule has 0 saturated heterocycles. The average molecular weight is 298 g/mol. The maximum absolute atomic E-state index is 11.9. The molecule has 0 atom stereocenters. The second-order valence-electron chi connectivity index (χ2n) is 4.25. The summed E-state index contributed by atoms with van der Waals surface area (Å²) in [7, 11) is 0. The molecule has 0 spiro atoms. The minimum Gasteiger partial charge on any atom is -0.407 e. The van der Waals surface area contributed by atoms with E-state index in [9.17, 15) is 13.2 Å². The first kappa shape index (κ1) is 16.1. The van der Waals surface area contributed by atoms with Gasteiger partial charge in [0.1, 0.15) is 0 Å². The van der Waals surface area contributed by atoms with E-state index in [0.29, 0.717) is 18.4 Å². The van der Waals surface area contributed by atoms with Crippen LogP contribution in [0, 0.1) is 5.92 Å². The topological polar surface area (TPSA) is 63.0 Å². The molecule has 0 aliphatic heterocycles. The summed E-state index contributed by atoms with van der Waals surface area (Å²) in [4.78, 5) is 0. The number of anilines is 1. The molecule has 0 aromatic carbocycles. The minimum absolute atomic E-state index is 0.0880. The number of halogens is 3. The Morgan fingerprint density at radius 2 is 2.05 bits per heavy atom. The van der Waals surface area contributed by atoms with Gasteiger partial charge in [0.15, 0.2) is 0 Å². The van der Waals surface area contributed by atoms with Crippen molar-refractivity contribution >= 4 is 17.8 Å². The van der Waals surface area contributed by atoms with Crippen molar-refractivity contribution in [2.45, 2.75) is 25.9 Å². The Balaban J connectivity index is 2.19. The summed E-state index contributed by atoms with van der Waals surface area (Å²) in [5.74, 6) is 0.818. The van der Waals surface area contributed by atoms with Crippen LogP contribution in [0.25, 0.3) is 0 Å².